The van der Waals surface area contributed by atoms with E-state index in [0.717, 1.165) is 31.8 Å². The second-order valence-electron chi connectivity index (χ2n) is 5.02. The van der Waals surface area contributed by atoms with Gasteiger partial charge < -0.3 is 10.0 Å². The van der Waals surface area contributed by atoms with Gasteiger partial charge in [0.05, 0.1) is 11.1 Å². The number of hydrogen-bond donors (Lipinski definition) is 1. The predicted octanol–water partition coefficient (Wildman–Crippen LogP) is 1.69. The number of rotatable bonds is 2. The Hall–Kier alpha value is -1.86. The Morgan fingerprint density at radius 3 is 2.90 bits per heavy atom. The van der Waals surface area contributed by atoms with Crippen LogP contribution in [-0.4, -0.2) is 40.6 Å². The van der Waals surface area contributed by atoms with Gasteiger partial charge in [0.1, 0.15) is 6.61 Å². The minimum Gasteiger partial charge on any atom is -0.384 e. The van der Waals surface area contributed by atoms with Crippen molar-refractivity contribution in [1.29, 1.82) is 0 Å². The van der Waals surface area contributed by atoms with E-state index in [1.54, 1.807) is 18.5 Å². The maximum absolute atomic E-state index is 12.5. The lowest BCUT2D eigenvalue weighted by molar-refractivity contribution is 0.0688. The Bertz CT molecular complexity index is 523. The molecule has 1 N–H and O–H groups in total. The third-order valence-corrected chi connectivity index (χ3v) is 3.83. The number of pyridine rings is 1. The molecular formula is C16H20N2O2. The average molecular weight is 272 g/mol. The zero-order valence-electron chi connectivity index (χ0n) is 11.8. The molecule has 0 spiro atoms. The van der Waals surface area contributed by atoms with Crippen LogP contribution in [0.15, 0.2) is 18.5 Å². The monoisotopic (exact) mass is 272 g/mol. The molecular weight excluding hydrogens is 252 g/mol. The number of carbonyl (C=O) groups excluding carboxylic acids is 1. The van der Waals surface area contributed by atoms with Gasteiger partial charge >= 0.3 is 0 Å². The molecule has 4 nitrogen and oxygen atoms in total. The summed E-state index contributed by atoms with van der Waals surface area (Å²) in [6.07, 6.45) is 6.52. The summed E-state index contributed by atoms with van der Waals surface area (Å²) in [5, 5.41) is 8.77. The van der Waals surface area contributed by atoms with E-state index in [4.69, 9.17) is 5.11 Å². The Labute approximate surface area is 119 Å². The van der Waals surface area contributed by atoms with Gasteiger partial charge in [-0.3, -0.25) is 9.78 Å². The minimum atomic E-state index is -0.218. The van der Waals surface area contributed by atoms with Gasteiger partial charge in [-0.05, 0) is 24.8 Å². The van der Waals surface area contributed by atoms with Crippen molar-refractivity contribution in [2.24, 2.45) is 5.92 Å². The molecule has 2 rings (SSSR count). The van der Waals surface area contributed by atoms with E-state index in [9.17, 15) is 4.79 Å². The van der Waals surface area contributed by atoms with E-state index < -0.39 is 0 Å². The fourth-order valence-electron chi connectivity index (χ4n) is 2.53. The van der Waals surface area contributed by atoms with Crippen molar-refractivity contribution >= 4 is 5.91 Å². The van der Waals surface area contributed by atoms with Crippen molar-refractivity contribution < 1.29 is 9.90 Å². The molecule has 1 aromatic rings. The Kier molecular flexibility index (Phi) is 5.14. The summed E-state index contributed by atoms with van der Waals surface area (Å²) < 4.78 is 0. The largest absolute Gasteiger partial charge is 0.384 e. The van der Waals surface area contributed by atoms with Crippen molar-refractivity contribution in [1.82, 2.24) is 9.88 Å². The van der Waals surface area contributed by atoms with Gasteiger partial charge in [-0.1, -0.05) is 25.2 Å². The van der Waals surface area contributed by atoms with Crippen LogP contribution in [0.5, 0.6) is 0 Å². The van der Waals surface area contributed by atoms with Crippen molar-refractivity contribution in [3.05, 3.63) is 29.6 Å². The summed E-state index contributed by atoms with van der Waals surface area (Å²) in [6, 6.07) is 1.70. The summed E-state index contributed by atoms with van der Waals surface area (Å²) in [7, 11) is 0. The number of carbonyl (C=O) groups is 1. The second-order valence-corrected chi connectivity index (χ2v) is 5.02. The third kappa shape index (κ3) is 3.37. The fourth-order valence-corrected chi connectivity index (χ4v) is 2.53. The summed E-state index contributed by atoms with van der Waals surface area (Å²) in [4.78, 5) is 18.4. The zero-order valence-corrected chi connectivity index (χ0v) is 11.8. The highest BCUT2D eigenvalue weighted by molar-refractivity contribution is 5.96. The number of likely N-dealkylation sites (tertiary alicyclic amines) is 1. The molecule has 1 fully saturated rings. The summed E-state index contributed by atoms with van der Waals surface area (Å²) in [6.45, 7) is 3.61. The SMILES string of the molecule is CCC1CCN(C(=O)c2ccncc2C#CCO)CC1. The van der Waals surface area contributed by atoms with Crippen LogP contribution >= 0.6 is 0 Å². The molecule has 0 aliphatic carbocycles. The summed E-state index contributed by atoms with van der Waals surface area (Å²) in [5.74, 6) is 6.13. The molecule has 0 radical (unpaired) electrons. The fraction of sp³-hybridized carbons (Fsp3) is 0.500. The molecule has 0 saturated carbocycles. The van der Waals surface area contributed by atoms with Crippen molar-refractivity contribution in [3.63, 3.8) is 0 Å². The average Bonchev–Trinajstić information content (AvgIpc) is 2.52. The van der Waals surface area contributed by atoms with Gasteiger partial charge in [0.15, 0.2) is 0 Å². The first-order valence-electron chi connectivity index (χ1n) is 7.09. The molecule has 1 amide bonds. The van der Waals surface area contributed by atoms with Crippen LogP contribution < -0.4 is 0 Å². The van der Waals surface area contributed by atoms with Crippen molar-refractivity contribution in [3.8, 4) is 11.8 Å². The summed E-state index contributed by atoms with van der Waals surface area (Å²) >= 11 is 0. The lowest BCUT2D eigenvalue weighted by Crippen LogP contribution is -2.38. The molecule has 1 aliphatic heterocycles. The van der Waals surface area contributed by atoms with Crippen LogP contribution in [0.3, 0.4) is 0 Å². The highest BCUT2D eigenvalue weighted by Crippen LogP contribution is 2.21. The quantitative estimate of drug-likeness (QED) is 0.834. The first kappa shape index (κ1) is 14.5. The topological polar surface area (TPSA) is 53.4 Å². The standard InChI is InChI=1S/C16H20N2O2/c1-2-13-6-9-18(10-7-13)16(20)15-5-8-17-12-14(15)4-3-11-19/h5,8,12-13,19H,2,6-7,9-11H2,1H3. The highest BCUT2D eigenvalue weighted by Gasteiger charge is 2.23. The number of aliphatic hydroxyl groups is 1. The molecule has 1 aromatic heterocycles. The van der Waals surface area contributed by atoms with Gasteiger partial charge in [0, 0.05) is 25.5 Å². The molecule has 1 aliphatic rings. The molecule has 0 bridgehead atoms. The first-order valence-corrected chi connectivity index (χ1v) is 7.09. The molecule has 4 heteroatoms. The molecule has 0 unspecified atom stereocenters. The summed E-state index contributed by atoms with van der Waals surface area (Å²) in [5.41, 5.74) is 1.17. The maximum atomic E-state index is 12.5. The zero-order chi connectivity index (χ0) is 14.4. The number of hydrogen-bond acceptors (Lipinski definition) is 3. The van der Waals surface area contributed by atoms with Crippen LogP contribution in [0.1, 0.15) is 42.1 Å². The molecule has 106 valence electrons. The number of piperidine rings is 1. The number of aliphatic hydroxyl groups excluding tert-OH is 1. The molecule has 1 saturated heterocycles. The Morgan fingerprint density at radius 2 is 2.25 bits per heavy atom. The van der Waals surface area contributed by atoms with Crippen LogP contribution in [0.4, 0.5) is 0 Å². The highest BCUT2D eigenvalue weighted by atomic mass is 16.2. The third-order valence-electron chi connectivity index (χ3n) is 3.83. The van der Waals surface area contributed by atoms with E-state index in [1.807, 2.05) is 4.90 Å². The molecule has 0 atom stereocenters. The molecule has 20 heavy (non-hydrogen) atoms. The predicted molar refractivity (Wildman–Crippen MR) is 77.1 cm³/mol. The van der Waals surface area contributed by atoms with Crippen molar-refractivity contribution in [2.75, 3.05) is 19.7 Å². The lowest BCUT2D eigenvalue weighted by atomic mass is 9.94. The number of amides is 1. The van der Waals surface area contributed by atoms with Gasteiger partial charge in [0.25, 0.3) is 5.91 Å². The normalized spacial score (nSPS) is 15.6. The number of aromatic nitrogens is 1. The van der Waals surface area contributed by atoms with Crippen LogP contribution in [0, 0.1) is 17.8 Å². The van der Waals surface area contributed by atoms with E-state index in [1.165, 1.54) is 6.42 Å². The van der Waals surface area contributed by atoms with Gasteiger partial charge in [-0.15, -0.1) is 0 Å². The lowest BCUT2D eigenvalue weighted by Gasteiger charge is -2.31. The van der Waals surface area contributed by atoms with Gasteiger partial charge in [0.2, 0.25) is 0 Å². The first-order chi connectivity index (χ1) is 9.76. The van der Waals surface area contributed by atoms with Crippen molar-refractivity contribution in [2.45, 2.75) is 26.2 Å². The van der Waals surface area contributed by atoms with E-state index in [2.05, 4.69) is 23.7 Å². The van der Waals surface area contributed by atoms with Crippen LogP contribution in [0.25, 0.3) is 0 Å². The van der Waals surface area contributed by atoms with Gasteiger partial charge in [-0.25, -0.2) is 0 Å². The van der Waals surface area contributed by atoms with E-state index >= 15 is 0 Å². The van der Waals surface area contributed by atoms with E-state index in [-0.39, 0.29) is 12.5 Å². The minimum absolute atomic E-state index is 0.0178. The molecule has 0 aromatic carbocycles. The second kappa shape index (κ2) is 7.06. The van der Waals surface area contributed by atoms with Gasteiger partial charge in [-0.2, -0.15) is 0 Å². The smallest absolute Gasteiger partial charge is 0.255 e. The van der Waals surface area contributed by atoms with Crippen LogP contribution in [-0.2, 0) is 0 Å². The maximum Gasteiger partial charge on any atom is 0.255 e. The molecule has 2 heterocycles. The Balaban J connectivity index is 2.13. The van der Waals surface area contributed by atoms with E-state index in [0.29, 0.717) is 11.1 Å². The van der Waals surface area contributed by atoms with Crippen LogP contribution in [0.2, 0.25) is 0 Å². The number of nitrogens with zero attached hydrogens (tertiary/aromatic N) is 2. The Morgan fingerprint density at radius 1 is 1.50 bits per heavy atom.